The van der Waals surface area contributed by atoms with E-state index in [0.29, 0.717) is 23.9 Å². The molecule has 5 aliphatic carbocycles. The van der Waals surface area contributed by atoms with Crippen molar-refractivity contribution in [2.24, 2.45) is 11.8 Å². The lowest BCUT2D eigenvalue weighted by molar-refractivity contribution is -0.144. The summed E-state index contributed by atoms with van der Waals surface area (Å²) in [6, 6.07) is 2.99. The van der Waals surface area contributed by atoms with E-state index in [0.717, 1.165) is 30.8 Å². The third-order valence-electron chi connectivity index (χ3n) is 10.8. The molecule has 2 atom stereocenters. The van der Waals surface area contributed by atoms with Crippen LogP contribution in [0.3, 0.4) is 0 Å². The minimum absolute atomic E-state index is 0.340. The highest BCUT2D eigenvalue weighted by molar-refractivity contribution is 7.79. The van der Waals surface area contributed by atoms with Gasteiger partial charge in [0.05, 0.1) is 0 Å². The van der Waals surface area contributed by atoms with Crippen molar-refractivity contribution in [2.45, 2.75) is 185 Å². The number of thiol groups is 1. The molecule has 0 N–H and O–H groups in total. The Balaban J connectivity index is 0.000000215. The van der Waals surface area contributed by atoms with Crippen LogP contribution >= 0.6 is 12.6 Å². The summed E-state index contributed by atoms with van der Waals surface area (Å²) in [5.41, 5.74) is 0. The molecule has 0 aromatic carbocycles. The van der Waals surface area contributed by atoms with Gasteiger partial charge >= 0.3 is 0 Å². The van der Waals surface area contributed by atoms with Crippen molar-refractivity contribution in [1.29, 1.82) is 0 Å². The first kappa shape index (κ1) is 32.3. The maximum Gasteiger partial charge on any atom is 0.226 e. The fraction of sp³-hybridized carbons (Fsp3) is 0.971. The van der Waals surface area contributed by atoms with E-state index in [-0.39, 0.29) is 0 Å². The Morgan fingerprint density at radius 2 is 0.895 bits per heavy atom. The normalized spacial score (nSPS) is 28.6. The van der Waals surface area contributed by atoms with Crippen molar-refractivity contribution < 1.29 is 4.79 Å². The molecule has 4 heteroatoms. The zero-order chi connectivity index (χ0) is 27.2. The Hall–Kier alpha value is -0.220. The first-order valence-corrected chi connectivity index (χ1v) is 18.0. The van der Waals surface area contributed by atoms with E-state index < -0.39 is 0 Å². The van der Waals surface area contributed by atoms with Crippen molar-refractivity contribution in [3.05, 3.63) is 0 Å². The lowest BCUT2D eigenvalue weighted by Gasteiger charge is -2.44. The van der Waals surface area contributed by atoms with E-state index in [2.05, 4.69) is 36.4 Å². The monoisotopic (exact) mass is 548 g/mol. The zero-order valence-electron chi connectivity index (χ0n) is 25.7. The summed E-state index contributed by atoms with van der Waals surface area (Å²) >= 11 is 3.53. The van der Waals surface area contributed by atoms with Crippen LogP contribution in [0.4, 0.5) is 0 Å². The number of hydrogen-bond donors (Lipinski definition) is 1. The fourth-order valence-corrected chi connectivity index (χ4v) is 8.52. The molecule has 0 aliphatic heterocycles. The minimum Gasteiger partial charge on any atom is -0.336 e. The maximum absolute atomic E-state index is 13.4. The summed E-state index contributed by atoms with van der Waals surface area (Å²) in [5, 5.41) is 0. The molecule has 0 radical (unpaired) electrons. The van der Waals surface area contributed by atoms with Crippen LogP contribution < -0.4 is 0 Å². The number of amides is 1. The Morgan fingerprint density at radius 1 is 0.526 bits per heavy atom. The topological polar surface area (TPSA) is 23.6 Å². The molecule has 0 bridgehead atoms. The first-order chi connectivity index (χ1) is 18.6. The third-order valence-corrected chi connectivity index (χ3v) is 10.8. The largest absolute Gasteiger partial charge is 0.336 e. The van der Waals surface area contributed by atoms with E-state index in [1.165, 1.54) is 141 Å². The second kappa shape index (κ2) is 18.3. The van der Waals surface area contributed by atoms with Crippen molar-refractivity contribution in [3.63, 3.8) is 0 Å². The van der Waals surface area contributed by atoms with E-state index in [1.807, 2.05) is 0 Å². The standard InChI is InChI=1S/C20H35NO.C13H25N.CH4S/c1-16-9-8-10-17(15-16)20(22)21(18-11-4-2-5-12-18)19-13-6-3-7-14-19;1-14(12-8-4-2-5-9-12)13-10-6-3-7-11-13;1-2/h16-19H,2-15H2,1H3;12-13H,2-11H2,1H3;2H,1H3. The summed E-state index contributed by atoms with van der Waals surface area (Å²) in [5.74, 6) is 1.64. The Bertz CT molecular complexity index is 582. The molecule has 222 valence electrons. The molecular formula is C34H64N2OS. The molecule has 5 fully saturated rings. The smallest absolute Gasteiger partial charge is 0.226 e. The molecule has 5 aliphatic rings. The van der Waals surface area contributed by atoms with Crippen LogP contribution in [0.15, 0.2) is 0 Å². The molecule has 5 rings (SSSR count). The van der Waals surface area contributed by atoms with Crippen molar-refractivity contribution in [1.82, 2.24) is 9.80 Å². The van der Waals surface area contributed by atoms with Crippen LogP contribution in [-0.2, 0) is 4.79 Å². The van der Waals surface area contributed by atoms with Gasteiger partial charge in [-0.05, 0) is 83.4 Å². The summed E-state index contributed by atoms with van der Waals surface area (Å²) in [6.45, 7) is 2.34. The van der Waals surface area contributed by atoms with Gasteiger partial charge in [-0.25, -0.2) is 0 Å². The number of carbonyl (C=O) groups excluding carboxylic acids is 1. The number of nitrogens with zero attached hydrogens (tertiary/aromatic N) is 2. The predicted molar refractivity (Wildman–Crippen MR) is 168 cm³/mol. The van der Waals surface area contributed by atoms with Gasteiger partial charge in [0, 0.05) is 30.1 Å². The van der Waals surface area contributed by atoms with Gasteiger partial charge in [0.25, 0.3) is 0 Å². The minimum atomic E-state index is 0.340. The second-order valence-electron chi connectivity index (χ2n) is 13.5. The summed E-state index contributed by atoms with van der Waals surface area (Å²) in [6.07, 6.45) is 34.5. The van der Waals surface area contributed by atoms with Crippen LogP contribution in [0, 0.1) is 11.8 Å². The van der Waals surface area contributed by atoms with Crippen LogP contribution in [0.1, 0.15) is 161 Å². The van der Waals surface area contributed by atoms with Crippen LogP contribution in [0.5, 0.6) is 0 Å². The Kier molecular flexibility index (Phi) is 15.5. The highest BCUT2D eigenvalue weighted by atomic mass is 32.1. The van der Waals surface area contributed by atoms with Gasteiger partial charge in [0.1, 0.15) is 0 Å². The Morgan fingerprint density at radius 3 is 1.26 bits per heavy atom. The first-order valence-electron chi connectivity index (χ1n) is 17.1. The number of hydrogen-bond acceptors (Lipinski definition) is 3. The quantitative estimate of drug-likeness (QED) is 0.346. The van der Waals surface area contributed by atoms with E-state index in [4.69, 9.17) is 0 Å². The number of carbonyl (C=O) groups is 1. The lowest BCUT2D eigenvalue weighted by atomic mass is 9.80. The van der Waals surface area contributed by atoms with Gasteiger partial charge in [-0.3, -0.25) is 4.79 Å². The summed E-state index contributed by atoms with van der Waals surface area (Å²) in [7, 11) is 2.38. The molecule has 38 heavy (non-hydrogen) atoms. The van der Waals surface area contributed by atoms with Gasteiger partial charge in [-0.15, -0.1) is 0 Å². The third kappa shape index (κ3) is 10.0. The van der Waals surface area contributed by atoms with Gasteiger partial charge in [0.2, 0.25) is 5.91 Å². The second-order valence-corrected chi connectivity index (χ2v) is 13.5. The molecule has 0 aromatic rings. The molecule has 2 unspecified atom stereocenters. The van der Waals surface area contributed by atoms with Crippen LogP contribution in [-0.4, -0.2) is 53.2 Å². The van der Waals surface area contributed by atoms with Gasteiger partial charge < -0.3 is 9.80 Å². The van der Waals surface area contributed by atoms with Gasteiger partial charge in [-0.1, -0.05) is 96.8 Å². The van der Waals surface area contributed by atoms with Crippen LogP contribution in [0.2, 0.25) is 0 Å². The highest BCUT2D eigenvalue weighted by Crippen LogP contribution is 2.36. The van der Waals surface area contributed by atoms with Crippen molar-refractivity contribution >= 4 is 18.5 Å². The lowest BCUT2D eigenvalue weighted by Crippen LogP contribution is -2.51. The maximum atomic E-state index is 13.4. The molecule has 0 aromatic heterocycles. The van der Waals surface area contributed by atoms with E-state index >= 15 is 0 Å². The molecule has 1 amide bonds. The van der Waals surface area contributed by atoms with Crippen LogP contribution in [0.25, 0.3) is 0 Å². The molecule has 0 heterocycles. The molecule has 0 spiro atoms. The molecule has 5 saturated carbocycles. The fourth-order valence-electron chi connectivity index (χ4n) is 8.52. The van der Waals surface area contributed by atoms with Gasteiger partial charge in [0.15, 0.2) is 0 Å². The molecule has 0 saturated heterocycles. The highest BCUT2D eigenvalue weighted by Gasteiger charge is 2.37. The Labute approximate surface area is 243 Å². The zero-order valence-corrected chi connectivity index (χ0v) is 26.6. The van der Waals surface area contributed by atoms with Gasteiger partial charge in [-0.2, -0.15) is 12.6 Å². The summed E-state index contributed by atoms with van der Waals surface area (Å²) < 4.78 is 0. The van der Waals surface area contributed by atoms with E-state index in [9.17, 15) is 4.79 Å². The predicted octanol–water partition coefficient (Wildman–Crippen LogP) is 9.44. The summed E-state index contributed by atoms with van der Waals surface area (Å²) in [4.78, 5) is 18.5. The number of rotatable bonds is 5. The molecule has 3 nitrogen and oxygen atoms in total. The van der Waals surface area contributed by atoms with Crippen molar-refractivity contribution in [3.8, 4) is 0 Å². The average Bonchev–Trinajstić information content (AvgIpc) is 3.00. The average molecular weight is 549 g/mol. The van der Waals surface area contributed by atoms with Crippen molar-refractivity contribution in [2.75, 3.05) is 13.3 Å². The SMILES string of the molecule is CC1CCCC(C(=O)N(C2CCCCC2)C2CCCCC2)C1.CN(C1CCCCC1)C1CCCCC1.CS. The molecular weight excluding hydrogens is 484 g/mol. The van der Waals surface area contributed by atoms with E-state index in [1.54, 1.807) is 6.26 Å².